The molecule has 1 aromatic carbocycles. The lowest BCUT2D eigenvalue weighted by atomic mass is 9.97. The fourth-order valence-corrected chi connectivity index (χ4v) is 2.98. The second-order valence-electron chi connectivity index (χ2n) is 6.30. The summed E-state index contributed by atoms with van der Waals surface area (Å²) in [5, 5.41) is 0. The average molecular weight is 290 g/mol. The van der Waals surface area contributed by atoms with Crippen LogP contribution in [-0.4, -0.2) is 54.9 Å². The van der Waals surface area contributed by atoms with Gasteiger partial charge in [0.1, 0.15) is 0 Å². The van der Waals surface area contributed by atoms with Gasteiger partial charge in [0.25, 0.3) is 0 Å². The van der Waals surface area contributed by atoms with Crippen LogP contribution in [0.5, 0.6) is 0 Å². The first kappa shape index (κ1) is 17.9. The number of benzene rings is 1. The lowest BCUT2D eigenvalue weighted by molar-refractivity contribution is 0.0756. The molecule has 0 amide bonds. The van der Waals surface area contributed by atoms with E-state index in [-0.39, 0.29) is 11.8 Å². The number of aryl methyl sites for hydroxylation is 2. The Morgan fingerprint density at radius 2 is 1.81 bits per heavy atom. The molecule has 2 unspecified atom stereocenters. The summed E-state index contributed by atoms with van der Waals surface area (Å²) in [6, 6.07) is 6.37. The van der Waals surface area contributed by atoms with Crippen molar-refractivity contribution in [1.82, 2.24) is 9.80 Å². The first-order valence-electron chi connectivity index (χ1n) is 7.79. The maximum absolute atomic E-state index is 12.9. The fraction of sp³-hybridized carbons (Fsp3) is 0.611. The van der Waals surface area contributed by atoms with E-state index in [2.05, 4.69) is 43.8 Å². The third-order valence-electron chi connectivity index (χ3n) is 4.10. The molecule has 0 heterocycles. The molecular formula is C18H30N2O. The fourth-order valence-electron chi connectivity index (χ4n) is 2.98. The Labute approximate surface area is 129 Å². The summed E-state index contributed by atoms with van der Waals surface area (Å²) in [7, 11) is 4.14. The van der Waals surface area contributed by atoms with E-state index >= 15 is 0 Å². The van der Waals surface area contributed by atoms with Crippen LogP contribution in [0.4, 0.5) is 0 Å². The Bertz CT molecular complexity index is 482. The van der Waals surface area contributed by atoms with Gasteiger partial charge in [0.15, 0.2) is 5.78 Å². The van der Waals surface area contributed by atoms with E-state index in [4.69, 9.17) is 0 Å². The molecule has 0 aliphatic rings. The molecule has 0 aliphatic carbocycles. The van der Waals surface area contributed by atoms with Gasteiger partial charge in [0.05, 0.1) is 6.04 Å². The Kier molecular flexibility index (Phi) is 6.56. The van der Waals surface area contributed by atoms with Crippen molar-refractivity contribution < 1.29 is 4.79 Å². The number of carbonyl (C=O) groups is 1. The summed E-state index contributed by atoms with van der Waals surface area (Å²) in [6.07, 6.45) is 0. The van der Waals surface area contributed by atoms with Crippen molar-refractivity contribution in [1.29, 1.82) is 0 Å². The number of hydrogen-bond acceptors (Lipinski definition) is 3. The maximum Gasteiger partial charge on any atom is 0.179 e. The summed E-state index contributed by atoms with van der Waals surface area (Å²) < 4.78 is 0. The van der Waals surface area contributed by atoms with Gasteiger partial charge < -0.3 is 4.90 Å². The van der Waals surface area contributed by atoms with Crippen molar-refractivity contribution in [2.45, 2.75) is 46.7 Å². The van der Waals surface area contributed by atoms with Gasteiger partial charge in [-0.3, -0.25) is 9.69 Å². The molecule has 0 saturated carbocycles. The average Bonchev–Trinajstić information content (AvgIpc) is 2.40. The third kappa shape index (κ3) is 4.65. The number of carbonyl (C=O) groups excluding carboxylic acids is 1. The van der Waals surface area contributed by atoms with Gasteiger partial charge in [-0.15, -0.1) is 0 Å². The van der Waals surface area contributed by atoms with Crippen LogP contribution < -0.4 is 0 Å². The van der Waals surface area contributed by atoms with Gasteiger partial charge in [-0.25, -0.2) is 0 Å². The van der Waals surface area contributed by atoms with Gasteiger partial charge in [0.2, 0.25) is 0 Å². The summed E-state index contributed by atoms with van der Waals surface area (Å²) in [5.74, 6) is 0.226. The maximum atomic E-state index is 12.9. The second kappa shape index (κ2) is 7.71. The van der Waals surface area contributed by atoms with E-state index in [1.54, 1.807) is 0 Å². The number of rotatable bonds is 7. The number of ketones is 1. The number of nitrogens with zero attached hydrogens (tertiary/aromatic N) is 2. The largest absolute Gasteiger partial charge is 0.308 e. The molecule has 0 bridgehead atoms. The van der Waals surface area contributed by atoms with Crippen molar-refractivity contribution >= 4 is 5.78 Å². The van der Waals surface area contributed by atoms with E-state index in [0.29, 0.717) is 6.04 Å². The number of likely N-dealkylation sites (N-methyl/N-ethyl adjacent to an activating group) is 2. The standard InChI is InChI=1S/C18H30N2O/c1-8-20(15(4)12-19(6)7)16(5)18(21)17-11-13(2)9-10-14(17)3/h9-11,15-16H,8,12H2,1-7H3. The van der Waals surface area contributed by atoms with E-state index < -0.39 is 0 Å². The van der Waals surface area contributed by atoms with E-state index in [1.165, 1.54) is 0 Å². The summed E-state index contributed by atoms with van der Waals surface area (Å²) in [4.78, 5) is 17.3. The lowest BCUT2D eigenvalue weighted by Gasteiger charge is -2.34. The van der Waals surface area contributed by atoms with Crippen LogP contribution in [-0.2, 0) is 0 Å². The monoisotopic (exact) mass is 290 g/mol. The van der Waals surface area contributed by atoms with Gasteiger partial charge in [-0.2, -0.15) is 0 Å². The second-order valence-corrected chi connectivity index (χ2v) is 6.30. The van der Waals surface area contributed by atoms with Gasteiger partial charge >= 0.3 is 0 Å². The molecule has 1 rings (SSSR count). The highest BCUT2D eigenvalue weighted by atomic mass is 16.1. The highest BCUT2D eigenvalue weighted by Gasteiger charge is 2.26. The molecule has 0 fully saturated rings. The first-order valence-corrected chi connectivity index (χ1v) is 7.79. The smallest absolute Gasteiger partial charge is 0.179 e. The van der Waals surface area contributed by atoms with Gasteiger partial charge in [-0.05, 0) is 60.0 Å². The Morgan fingerprint density at radius 3 is 2.33 bits per heavy atom. The lowest BCUT2D eigenvalue weighted by Crippen LogP contribution is -2.48. The summed E-state index contributed by atoms with van der Waals surface area (Å²) >= 11 is 0. The zero-order valence-electron chi connectivity index (χ0n) is 14.6. The number of hydrogen-bond donors (Lipinski definition) is 0. The minimum atomic E-state index is -0.0922. The van der Waals surface area contributed by atoms with Crippen molar-refractivity contribution in [2.75, 3.05) is 27.2 Å². The SMILES string of the molecule is CCN(C(C)CN(C)C)C(C)C(=O)c1cc(C)ccc1C. The molecular weight excluding hydrogens is 260 g/mol. The zero-order chi connectivity index (χ0) is 16.2. The molecule has 0 N–H and O–H groups in total. The van der Waals surface area contributed by atoms with Crippen molar-refractivity contribution in [2.24, 2.45) is 0 Å². The topological polar surface area (TPSA) is 23.6 Å². The van der Waals surface area contributed by atoms with Crippen LogP contribution in [0.2, 0.25) is 0 Å². The van der Waals surface area contributed by atoms with Crippen LogP contribution in [0.15, 0.2) is 18.2 Å². The van der Waals surface area contributed by atoms with Gasteiger partial charge in [-0.1, -0.05) is 24.6 Å². The molecule has 21 heavy (non-hydrogen) atoms. The quantitative estimate of drug-likeness (QED) is 0.721. The molecule has 118 valence electrons. The highest BCUT2D eigenvalue weighted by Crippen LogP contribution is 2.17. The van der Waals surface area contributed by atoms with E-state index in [1.807, 2.05) is 32.9 Å². The normalized spacial score (nSPS) is 14.5. The van der Waals surface area contributed by atoms with Crippen LogP contribution in [0.3, 0.4) is 0 Å². The minimum Gasteiger partial charge on any atom is -0.308 e. The predicted molar refractivity (Wildman–Crippen MR) is 90.1 cm³/mol. The number of Topliss-reactive ketones (excluding diaryl/α,β-unsaturated/α-hetero) is 1. The summed E-state index contributed by atoms with van der Waals surface area (Å²) in [5.41, 5.74) is 3.06. The Balaban J connectivity index is 2.96. The summed E-state index contributed by atoms with van der Waals surface area (Å²) in [6.45, 7) is 12.2. The van der Waals surface area contributed by atoms with Crippen molar-refractivity contribution in [3.8, 4) is 0 Å². The van der Waals surface area contributed by atoms with Crippen molar-refractivity contribution in [3.05, 3.63) is 34.9 Å². The minimum absolute atomic E-state index is 0.0922. The molecule has 3 heteroatoms. The third-order valence-corrected chi connectivity index (χ3v) is 4.10. The predicted octanol–water partition coefficient (Wildman–Crippen LogP) is 3.15. The molecule has 0 radical (unpaired) electrons. The Hall–Kier alpha value is -1.19. The molecule has 0 saturated heterocycles. The first-order chi connectivity index (χ1) is 9.77. The molecule has 0 aliphatic heterocycles. The molecule has 2 atom stereocenters. The van der Waals surface area contributed by atoms with Crippen LogP contribution in [0.25, 0.3) is 0 Å². The van der Waals surface area contributed by atoms with E-state index in [0.717, 1.165) is 29.8 Å². The molecule has 3 nitrogen and oxygen atoms in total. The van der Waals surface area contributed by atoms with Crippen molar-refractivity contribution in [3.63, 3.8) is 0 Å². The van der Waals surface area contributed by atoms with Crippen LogP contribution in [0, 0.1) is 13.8 Å². The highest BCUT2D eigenvalue weighted by molar-refractivity contribution is 6.01. The molecule has 1 aromatic rings. The molecule has 0 spiro atoms. The zero-order valence-corrected chi connectivity index (χ0v) is 14.6. The Morgan fingerprint density at radius 1 is 1.19 bits per heavy atom. The van der Waals surface area contributed by atoms with E-state index in [9.17, 15) is 4.79 Å². The van der Waals surface area contributed by atoms with Gasteiger partial charge in [0, 0.05) is 18.2 Å². The molecule has 0 aromatic heterocycles. The van der Waals surface area contributed by atoms with Crippen LogP contribution in [0.1, 0.15) is 42.3 Å². The van der Waals surface area contributed by atoms with Crippen LogP contribution >= 0.6 is 0 Å².